The number of amides is 1. The fourth-order valence-electron chi connectivity index (χ4n) is 1.21. The van der Waals surface area contributed by atoms with Gasteiger partial charge < -0.3 is 11.1 Å². The standard InChI is InChI=1S/C10H8N4OS2/c11-9(16)6-2-1-3-7(4-6)12-10(15)8-5-17-14-13-8/h1-5H,(H2,11,16)(H,12,15). The van der Waals surface area contributed by atoms with Crippen LogP contribution in [0.4, 0.5) is 5.69 Å². The molecule has 0 saturated carbocycles. The van der Waals surface area contributed by atoms with Crippen molar-refractivity contribution >= 4 is 40.3 Å². The Hall–Kier alpha value is -1.86. The van der Waals surface area contributed by atoms with Crippen molar-refractivity contribution in [2.75, 3.05) is 5.32 Å². The first-order valence-electron chi connectivity index (χ1n) is 4.65. The number of anilines is 1. The van der Waals surface area contributed by atoms with Gasteiger partial charge in [0.05, 0.1) is 0 Å². The molecule has 86 valence electrons. The molecule has 0 saturated heterocycles. The highest BCUT2D eigenvalue weighted by atomic mass is 32.1. The SMILES string of the molecule is NC(=S)c1cccc(NC(=O)c2csnn2)c1. The van der Waals surface area contributed by atoms with Crippen LogP contribution < -0.4 is 11.1 Å². The Balaban J connectivity index is 2.16. The fraction of sp³-hybridized carbons (Fsp3) is 0. The Labute approximate surface area is 107 Å². The first kappa shape index (κ1) is 11.6. The maximum atomic E-state index is 11.7. The number of nitrogens with zero attached hydrogens (tertiary/aromatic N) is 2. The van der Waals surface area contributed by atoms with E-state index in [4.69, 9.17) is 18.0 Å². The van der Waals surface area contributed by atoms with Crippen LogP contribution in [0.25, 0.3) is 0 Å². The first-order valence-corrected chi connectivity index (χ1v) is 5.89. The van der Waals surface area contributed by atoms with Crippen LogP contribution in [-0.2, 0) is 0 Å². The normalized spacial score (nSPS) is 9.88. The van der Waals surface area contributed by atoms with Gasteiger partial charge in [-0.3, -0.25) is 4.79 Å². The van der Waals surface area contributed by atoms with E-state index in [0.717, 1.165) is 11.5 Å². The van der Waals surface area contributed by atoms with E-state index in [1.54, 1.807) is 29.6 Å². The minimum atomic E-state index is -0.307. The van der Waals surface area contributed by atoms with Gasteiger partial charge in [-0.2, -0.15) is 0 Å². The molecule has 0 bridgehead atoms. The van der Waals surface area contributed by atoms with Gasteiger partial charge in [0.1, 0.15) is 4.99 Å². The van der Waals surface area contributed by atoms with Gasteiger partial charge in [0.25, 0.3) is 5.91 Å². The van der Waals surface area contributed by atoms with Crippen molar-refractivity contribution in [3.8, 4) is 0 Å². The van der Waals surface area contributed by atoms with E-state index in [1.807, 2.05) is 0 Å². The number of aromatic nitrogens is 2. The van der Waals surface area contributed by atoms with Crippen LogP contribution in [-0.4, -0.2) is 20.5 Å². The van der Waals surface area contributed by atoms with Crippen LogP contribution in [0.15, 0.2) is 29.6 Å². The lowest BCUT2D eigenvalue weighted by molar-refractivity contribution is 0.102. The quantitative estimate of drug-likeness (QED) is 0.820. The van der Waals surface area contributed by atoms with Gasteiger partial charge in [0.15, 0.2) is 5.69 Å². The number of carbonyl (C=O) groups is 1. The predicted octanol–water partition coefficient (Wildman–Crippen LogP) is 1.42. The van der Waals surface area contributed by atoms with E-state index >= 15 is 0 Å². The molecule has 0 atom stereocenters. The van der Waals surface area contributed by atoms with E-state index in [1.165, 1.54) is 0 Å². The van der Waals surface area contributed by atoms with Crippen LogP contribution >= 0.6 is 23.8 Å². The molecule has 7 heteroatoms. The Kier molecular flexibility index (Phi) is 3.40. The first-order chi connectivity index (χ1) is 8.16. The van der Waals surface area contributed by atoms with Gasteiger partial charge in [-0.05, 0) is 23.7 Å². The number of thiocarbonyl (C=S) groups is 1. The van der Waals surface area contributed by atoms with Gasteiger partial charge in [-0.25, -0.2) is 0 Å². The van der Waals surface area contributed by atoms with E-state index in [-0.39, 0.29) is 16.6 Å². The summed E-state index contributed by atoms with van der Waals surface area (Å²) in [5, 5.41) is 7.94. The van der Waals surface area contributed by atoms with Crippen molar-refractivity contribution in [3.05, 3.63) is 40.9 Å². The average Bonchev–Trinajstić information content (AvgIpc) is 2.82. The summed E-state index contributed by atoms with van der Waals surface area (Å²) >= 11 is 5.98. The van der Waals surface area contributed by atoms with E-state index in [9.17, 15) is 4.79 Å². The molecular weight excluding hydrogens is 256 g/mol. The van der Waals surface area contributed by atoms with Gasteiger partial charge in [-0.15, -0.1) is 5.10 Å². The Morgan fingerprint density at radius 3 is 2.94 bits per heavy atom. The summed E-state index contributed by atoms with van der Waals surface area (Å²) in [4.78, 5) is 12.0. The van der Waals surface area contributed by atoms with Crippen molar-refractivity contribution < 1.29 is 4.79 Å². The number of rotatable bonds is 3. The van der Waals surface area contributed by atoms with E-state index < -0.39 is 0 Å². The molecule has 0 spiro atoms. The average molecular weight is 264 g/mol. The van der Waals surface area contributed by atoms with Crippen molar-refractivity contribution in [2.24, 2.45) is 5.73 Å². The van der Waals surface area contributed by atoms with Crippen LogP contribution in [0.1, 0.15) is 16.1 Å². The molecule has 1 amide bonds. The summed E-state index contributed by atoms with van der Waals surface area (Å²) in [6.07, 6.45) is 0. The number of nitrogens with two attached hydrogens (primary N) is 1. The molecule has 1 aromatic heterocycles. The minimum absolute atomic E-state index is 0.288. The topological polar surface area (TPSA) is 80.9 Å². The molecule has 2 rings (SSSR count). The van der Waals surface area contributed by atoms with Gasteiger partial charge in [0, 0.05) is 16.6 Å². The zero-order valence-corrected chi connectivity index (χ0v) is 10.2. The van der Waals surface area contributed by atoms with Gasteiger partial charge >= 0.3 is 0 Å². The predicted molar refractivity (Wildman–Crippen MR) is 70.2 cm³/mol. The molecule has 0 aliphatic carbocycles. The molecule has 0 unspecified atom stereocenters. The van der Waals surface area contributed by atoms with Gasteiger partial charge in [-0.1, -0.05) is 28.8 Å². The molecule has 2 aromatic rings. The third kappa shape index (κ3) is 2.83. The highest BCUT2D eigenvalue weighted by Gasteiger charge is 2.09. The fourth-order valence-corrected chi connectivity index (χ4v) is 1.77. The minimum Gasteiger partial charge on any atom is -0.389 e. The molecule has 0 radical (unpaired) electrons. The molecule has 3 N–H and O–H groups in total. The maximum absolute atomic E-state index is 11.7. The number of nitrogens with one attached hydrogen (secondary N) is 1. The van der Waals surface area contributed by atoms with E-state index in [0.29, 0.717) is 11.3 Å². The molecule has 0 fully saturated rings. The number of hydrogen-bond acceptors (Lipinski definition) is 5. The lowest BCUT2D eigenvalue weighted by Crippen LogP contribution is -2.14. The molecule has 0 aliphatic rings. The lowest BCUT2D eigenvalue weighted by Gasteiger charge is -2.04. The highest BCUT2D eigenvalue weighted by Crippen LogP contribution is 2.12. The van der Waals surface area contributed by atoms with Crippen molar-refractivity contribution in [2.45, 2.75) is 0 Å². The molecule has 17 heavy (non-hydrogen) atoms. The summed E-state index contributed by atoms with van der Waals surface area (Å²) in [6.45, 7) is 0. The summed E-state index contributed by atoms with van der Waals surface area (Å²) < 4.78 is 3.62. The molecule has 5 nitrogen and oxygen atoms in total. The number of hydrogen-bond donors (Lipinski definition) is 2. The summed E-state index contributed by atoms with van der Waals surface area (Å²) in [5.74, 6) is -0.307. The molecule has 0 aliphatic heterocycles. The lowest BCUT2D eigenvalue weighted by atomic mass is 10.2. The third-order valence-corrected chi connectivity index (χ3v) is 2.74. The Bertz CT molecular complexity index is 553. The van der Waals surface area contributed by atoms with Crippen molar-refractivity contribution in [1.82, 2.24) is 9.59 Å². The monoisotopic (exact) mass is 264 g/mol. The maximum Gasteiger partial charge on any atom is 0.277 e. The molecular formula is C10H8N4OS2. The second-order valence-electron chi connectivity index (χ2n) is 3.19. The highest BCUT2D eigenvalue weighted by molar-refractivity contribution is 7.80. The molecule has 1 aromatic carbocycles. The van der Waals surface area contributed by atoms with Crippen molar-refractivity contribution in [1.29, 1.82) is 0 Å². The molecule has 1 heterocycles. The van der Waals surface area contributed by atoms with Crippen LogP contribution in [0.3, 0.4) is 0 Å². The van der Waals surface area contributed by atoms with Gasteiger partial charge in [0.2, 0.25) is 0 Å². The zero-order chi connectivity index (χ0) is 12.3. The van der Waals surface area contributed by atoms with E-state index in [2.05, 4.69) is 14.9 Å². The number of carbonyl (C=O) groups excluding carboxylic acids is 1. The number of benzene rings is 1. The second-order valence-corrected chi connectivity index (χ2v) is 4.24. The summed E-state index contributed by atoms with van der Waals surface area (Å²) in [6, 6.07) is 7.01. The van der Waals surface area contributed by atoms with Crippen LogP contribution in [0.2, 0.25) is 0 Å². The van der Waals surface area contributed by atoms with Crippen molar-refractivity contribution in [3.63, 3.8) is 0 Å². The Morgan fingerprint density at radius 2 is 2.29 bits per heavy atom. The largest absolute Gasteiger partial charge is 0.389 e. The Morgan fingerprint density at radius 1 is 1.47 bits per heavy atom. The third-order valence-electron chi connectivity index (χ3n) is 2.00. The zero-order valence-electron chi connectivity index (χ0n) is 8.58. The van der Waals surface area contributed by atoms with Crippen LogP contribution in [0, 0.1) is 0 Å². The van der Waals surface area contributed by atoms with Crippen LogP contribution in [0.5, 0.6) is 0 Å². The summed E-state index contributed by atoms with van der Waals surface area (Å²) in [5.41, 5.74) is 7.12. The smallest absolute Gasteiger partial charge is 0.277 e. The summed E-state index contributed by atoms with van der Waals surface area (Å²) in [7, 11) is 0. The second kappa shape index (κ2) is 4.98.